The minimum atomic E-state index is 0.345. The first-order valence-electron chi connectivity index (χ1n) is 5.55. The fourth-order valence-corrected chi connectivity index (χ4v) is 3.19. The van der Waals surface area contributed by atoms with Crippen molar-refractivity contribution in [1.29, 1.82) is 0 Å². The maximum atomic E-state index is 5.97. The summed E-state index contributed by atoms with van der Waals surface area (Å²) >= 11 is 9.51. The molecule has 0 aromatic heterocycles. The smallest absolute Gasteiger partial charge is 0.0514 e. The molecule has 1 aliphatic heterocycles. The Morgan fingerprint density at radius 1 is 1.50 bits per heavy atom. The topological polar surface area (TPSA) is 29.3 Å². The van der Waals surface area contributed by atoms with E-state index < -0.39 is 0 Å². The van der Waals surface area contributed by atoms with Gasteiger partial charge in [0.25, 0.3) is 0 Å². The van der Waals surface area contributed by atoms with Crippen molar-refractivity contribution in [3.8, 4) is 0 Å². The summed E-state index contributed by atoms with van der Waals surface area (Å²) in [7, 11) is 0. The van der Waals surface area contributed by atoms with Gasteiger partial charge in [-0.25, -0.2) is 0 Å². The Kier molecular flexibility index (Phi) is 3.77. The lowest BCUT2D eigenvalue weighted by Gasteiger charge is -2.38. The van der Waals surface area contributed by atoms with Gasteiger partial charge in [0.15, 0.2) is 0 Å². The molecule has 2 nitrogen and oxygen atoms in total. The third kappa shape index (κ3) is 2.53. The zero-order chi connectivity index (χ0) is 11.7. The van der Waals surface area contributed by atoms with Crippen molar-refractivity contribution in [3.05, 3.63) is 27.7 Å². The van der Waals surface area contributed by atoms with Crippen LogP contribution in [0.1, 0.15) is 19.8 Å². The average Bonchev–Trinajstić information content (AvgIpc) is 2.19. The van der Waals surface area contributed by atoms with Gasteiger partial charge in [-0.3, -0.25) is 0 Å². The highest BCUT2D eigenvalue weighted by atomic mass is 79.9. The molecule has 2 N–H and O–H groups in total. The quantitative estimate of drug-likeness (QED) is 0.861. The van der Waals surface area contributed by atoms with Gasteiger partial charge in [-0.2, -0.15) is 0 Å². The molecule has 1 fully saturated rings. The first-order chi connectivity index (χ1) is 7.58. The summed E-state index contributed by atoms with van der Waals surface area (Å²) in [6.45, 7) is 3.24. The Bertz CT molecular complexity index is 383. The molecule has 0 amide bonds. The molecule has 0 saturated carbocycles. The Morgan fingerprint density at radius 3 is 2.88 bits per heavy atom. The summed E-state index contributed by atoms with van der Waals surface area (Å²) in [5, 5.41) is 0.761. The lowest BCUT2D eigenvalue weighted by atomic mass is 9.98. The van der Waals surface area contributed by atoms with Crippen LogP contribution < -0.4 is 10.6 Å². The number of hydrogen-bond acceptors (Lipinski definition) is 2. The van der Waals surface area contributed by atoms with E-state index in [2.05, 4.69) is 33.8 Å². The highest BCUT2D eigenvalue weighted by Gasteiger charge is 2.24. The first kappa shape index (κ1) is 12.2. The van der Waals surface area contributed by atoms with E-state index in [1.807, 2.05) is 12.1 Å². The van der Waals surface area contributed by atoms with E-state index in [0.29, 0.717) is 12.1 Å². The summed E-state index contributed by atoms with van der Waals surface area (Å²) < 4.78 is 1.06. The zero-order valence-electron chi connectivity index (χ0n) is 9.29. The number of nitrogens with two attached hydrogens (primary N) is 1. The van der Waals surface area contributed by atoms with Crippen LogP contribution in [0.3, 0.4) is 0 Å². The summed E-state index contributed by atoms with van der Waals surface area (Å²) in [5.74, 6) is 0. The van der Waals surface area contributed by atoms with Crippen LogP contribution in [-0.2, 0) is 0 Å². The van der Waals surface area contributed by atoms with E-state index in [-0.39, 0.29) is 0 Å². The van der Waals surface area contributed by atoms with Crippen molar-refractivity contribution in [2.75, 3.05) is 11.4 Å². The van der Waals surface area contributed by atoms with Gasteiger partial charge in [0.05, 0.1) is 5.69 Å². The molecule has 2 rings (SSSR count). The van der Waals surface area contributed by atoms with Crippen molar-refractivity contribution in [3.63, 3.8) is 0 Å². The molecular formula is C12H16BrClN2. The summed E-state index contributed by atoms with van der Waals surface area (Å²) in [4.78, 5) is 2.39. The van der Waals surface area contributed by atoms with Gasteiger partial charge in [-0.05, 0) is 53.9 Å². The first-order valence-corrected chi connectivity index (χ1v) is 6.72. The molecule has 2 atom stereocenters. The Hall–Kier alpha value is -0.250. The van der Waals surface area contributed by atoms with E-state index in [4.69, 9.17) is 17.3 Å². The van der Waals surface area contributed by atoms with Crippen LogP contribution in [-0.4, -0.2) is 18.6 Å². The second-order valence-corrected chi connectivity index (χ2v) is 5.71. The van der Waals surface area contributed by atoms with Crippen LogP contribution in [0.15, 0.2) is 22.7 Å². The van der Waals surface area contributed by atoms with Gasteiger partial charge in [0.2, 0.25) is 0 Å². The highest BCUT2D eigenvalue weighted by molar-refractivity contribution is 9.10. The molecule has 1 aromatic carbocycles. The monoisotopic (exact) mass is 302 g/mol. The number of anilines is 1. The predicted octanol–water partition coefficient (Wildman–Crippen LogP) is 3.42. The number of nitrogens with zero attached hydrogens (tertiary/aromatic N) is 1. The van der Waals surface area contributed by atoms with Gasteiger partial charge in [-0.15, -0.1) is 0 Å². The summed E-state index contributed by atoms with van der Waals surface area (Å²) in [6, 6.07) is 6.78. The Morgan fingerprint density at radius 2 is 2.25 bits per heavy atom. The maximum absolute atomic E-state index is 5.97. The predicted molar refractivity (Wildman–Crippen MR) is 73.2 cm³/mol. The highest BCUT2D eigenvalue weighted by Crippen LogP contribution is 2.32. The Labute approximate surface area is 110 Å². The minimum absolute atomic E-state index is 0.345. The molecular weight excluding hydrogens is 288 g/mol. The second kappa shape index (κ2) is 4.94. The third-order valence-corrected chi connectivity index (χ3v) is 4.01. The molecule has 1 aromatic rings. The van der Waals surface area contributed by atoms with Crippen LogP contribution in [0.5, 0.6) is 0 Å². The number of piperidine rings is 1. The van der Waals surface area contributed by atoms with Gasteiger partial charge >= 0.3 is 0 Å². The fourth-order valence-electron chi connectivity index (χ4n) is 2.28. The van der Waals surface area contributed by atoms with Crippen molar-refractivity contribution in [2.45, 2.75) is 31.8 Å². The van der Waals surface area contributed by atoms with Crippen molar-refractivity contribution < 1.29 is 0 Å². The molecule has 1 heterocycles. The molecule has 4 heteroatoms. The van der Waals surface area contributed by atoms with Gasteiger partial charge < -0.3 is 10.6 Å². The number of hydrogen-bond donors (Lipinski definition) is 1. The number of halogens is 2. The van der Waals surface area contributed by atoms with Crippen LogP contribution >= 0.6 is 27.5 Å². The molecule has 0 bridgehead atoms. The van der Waals surface area contributed by atoms with Crippen LogP contribution in [0, 0.1) is 0 Å². The molecule has 0 radical (unpaired) electrons. The molecule has 16 heavy (non-hydrogen) atoms. The Balaban J connectivity index is 2.23. The van der Waals surface area contributed by atoms with Crippen molar-refractivity contribution in [1.82, 2.24) is 0 Å². The molecule has 0 spiro atoms. The largest absolute Gasteiger partial charge is 0.368 e. The van der Waals surface area contributed by atoms with E-state index in [0.717, 1.165) is 28.9 Å². The van der Waals surface area contributed by atoms with Crippen molar-refractivity contribution >= 4 is 33.2 Å². The van der Waals surface area contributed by atoms with Crippen LogP contribution in [0.2, 0.25) is 5.02 Å². The lowest BCUT2D eigenvalue weighted by molar-refractivity contribution is 0.429. The maximum Gasteiger partial charge on any atom is 0.0514 e. The summed E-state index contributed by atoms with van der Waals surface area (Å²) in [5.41, 5.74) is 7.18. The normalized spacial score (nSPS) is 25.9. The van der Waals surface area contributed by atoms with E-state index in [9.17, 15) is 0 Å². The number of rotatable bonds is 1. The molecule has 2 unspecified atom stereocenters. The standard InChI is InChI=1S/C12H16BrClN2/c1-8-6-10(15)4-5-16(8)12-3-2-9(14)7-11(12)13/h2-3,7-8,10H,4-6,15H2,1H3. The van der Waals surface area contributed by atoms with Gasteiger partial charge in [0, 0.05) is 28.1 Å². The second-order valence-electron chi connectivity index (χ2n) is 4.42. The molecule has 88 valence electrons. The number of benzene rings is 1. The van der Waals surface area contributed by atoms with Gasteiger partial charge in [-0.1, -0.05) is 11.6 Å². The van der Waals surface area contributed by atoms with Gasteiger partial charge in [0.1, 0.15) is 0 Å². The van der Waals surface area contributed by atoms with E-state index in [1.165, 1.54) is 5.69 Å². The molecule has 1 aliphatic rings. The molecule has 0 aliphatic carbocycles. The molecule has 1 saturated heterocycles. The van der Waals surface area contributed by atoms with Crippen LogP contribution in [0.25, 0.3) is 0 Å². The van der Waals surface area contributed by atoms with E-state index in [1.54, 1.807) is 0 Å². The average molecular weight is 304 g/mol. The minimum Gasteiger partial charge on any atom is -0.368 e. The summed E-state index contributed by atoms with van der Waals surface area (Å²) in [6.07, 6.45) is 2.11. The zero-order valence-corrected chi connectivity index (χ0v) is 11.6. The lowest BCUT2D eigenvalue weighted by Crippen LogP contribution is -2.45. The van der Waals surface area contributed by atoms with E-state index >= 15 is 0 Å². The SMILES string of the molecule is CC1CC(N)CCN1c1ccc(Cl)cc1Br. The third-order valence-electron chi connectivity index (χ3n) is 3.14. The fraction of sp³-hybridized carbons (Fsp3) is 0.500. The van der Waals surface area contributed by atoms with Crippen LogP contribution in [0.4, 0.5) is 5.69 Å². The van der Waals surface area contributed by atoms with Crippen molar-refractivity contribution in [2.24, 2.45) is 5.73 Å².